The largest absolute Gasteiger partial charge is 0.398 e. The highest BCUT2D eigenvalue weighted by Crippen LogP contribution is 2.18. The molecule has 0 fully saturated rings. The molecule has 0 atom stereocenters. The predicted octanol–water partition coefficient (Wildman–Crippen LogP) is 3.91. The standard InChI is InChI=1S/C13H24OSi/c1-7-9-10-11-12-15(5,6)14-13(3,4)8-2/h2,11-12H,7,9-10H2,1,3-6H3. The molecule has 0 aromatic carbocycles. The average Bonchev–Trinajstić information content (AvgIpc) is 2.11. The lowest BCUT2D eigenvalue weighted by atomic mass is 10.2. The van der Waals surface area contributed by atoms with E-state index in [1.807, 2.05) is 13.8 Å². The van der Waals surface area contributed by atoms with E-state index in [4.69, 9.17) is 10.8 Å². The fourth-order valence-electron chi connectivity index (χ4n) is 1.41. The molecule has 0 unspecified atom stereocenters. The number of rotatable bonds is 6. The van der Waals surface area contributed by atoms with Gasteiger partial charge in [0, 0.05) is 0 Å². The van der Waals surface area contributed by atoms with Gasteiger partial charge in [-0.25, -0.2) is 0 Å². The zero-order chi connectivity index (χ0) is 11.9. The number of allylic oxidation sites excluding steroid dienone is 1. The molecule has 0 heterocycles. The van der Waals surface area contributed by atoms with Crippen molar-refractivity contribution in [3.63, 3.8) is 0 Å². The molecule has 0 saturated heterocycles. The van der Waals surface area contributed by atoms with E-state index >= 15 is 0 Å². The highest BCUT2D eigenvalue weighted by molar-refractivity contribution is 6.76. The summed E-state index contributed by atoms with van der Waals surface area (Å²) in [5.41, 5.74) is 1.80. The van der Waals surface area contributed by atoms with Crippen molar-refractivity contribution in [3.05, 3.63) is 11.8 Å². The number of unbranched alkanes of at least 4 members (excludes halogenated alkanes) is 2. The Balaban J connectivity index is 4.19. The Bertz CT molecular complexity index is 246. The third-order valence-corrected chi connectivity index (χ3v) is 4.18. The van der Waals surface area contributed by atoms with Crippen molar-refractivity contribution in [1.82, 2.24) is 0 Å². The van der Waals surface area contributed by atoms with Crippen molar-refractivity contribution < 1.29 is 4.43 Å². The van der Waals surface area contributed by atoms with Gasteiger partial charge in [-0.2, -0.15) is 0 Å². The fourth-order valence-corrected chi connectivity index (χ4v) is 3.59. The lowest BCUT2D eigenvalue weighted by Gasteiger charge is -2.29. The van der Waals surface area contributed by atoms with Crippen LogP contribution in [0.2, 0.25) is 13.1 Å². The van der Waals surface area contributed by atoms with Gasteiger partial charge in [0.1, 0.15) is 5.60 Å². The molecule has 86 valence electrons. The summed E-state index contributed by atoms with van der Waals surface area (Å²) in [6.07, 6.45) is 11.3. The van der Waals surface area contributed by atoms with Crippen LogP contribution in [0.4, 0.5) is 0 Å². The summed E-state index contributed by atoms with van der Waals surface area (Å²) in [4.78, 5) is 0. The van der Waals surface area contributed by atoms with Gasteiger partial charge in [0.15, 0.2) is 0 Å². The Labute approximate surface area is 96.0 Å². The first kappa shape index (κ1) is 14.5. The Kier molecular flexibility index (Phi) is 5.93. The van der Waals surface area contributed by atoms with Gasteiger partial charge in [0.2, 0.25) is 8.32 Å². The van der Waals surface area contributed by atoms with Gasteiger partial charge in [-0.15, -0.1) is 6.42 Å². The third-order valence-electron chi connectivity index (χ3n) is 2.11. The summed E-state index contributed by atoms with van der Waals surface area (Å²) in [5, 5.41) is 0. The molecular weight excluding hydrogens is 200 g/mol. The fraction of sp³-hybridized carbons (Fsp3) is 0.692. The molecule has 0 aliphatic rings. The molecule has 2 heteroatoms. The predicted molar refractivity (Wildman–Crippen MR) is 70.1 cm³/mol. The third kappa shape index (κ3) is 7.41. The van der Waals surface area contributed by atoms with E-state index in [1.54, 1.807) is 0 Å². The number of hydrogen-bond donors (Lipinski definition) is 0. The minimum Gasteiger partial charge on any atom is -0.398 e. The highest BCUT2D eigenvalue weighted by Gasteiger charge is 2.27. The first-order chi connectivity index (χ1) is 6.83. The topological polar surface area (TPSA) is 9.23 Å². The smallest absolute Gasteiger partial charge is 0.212 e. The Morgan fingerprint density at radius 3 is 2.47 bits per heavy atom. The summed E-state index contributed by atoms with van der Waals surface area (Å²) in [6, 6.07) is 0. The van der Waals surface area contributed by atoms with Crippen molar-refractivity contribution in [2.45, 2.75) is 58.7 Å². The van der Waals surface area contributed by atoms with Crippen LogP contribution in [-0.4, -0.2) is 13.9 Å². The van der Waals surface area contributed by atoms with Crippen LogP contribution in [0.25, 0.3) is 0 Å². The molecule has 0 aromatic rings. The summed E-state index contributed by atoms with van der Waals surface area (Å²) >= 11 is 0. The van der Waals surface area contributed by atoms with Crippen LogP contribution in [-0.2, 0) is 4.43 Å². The lowest BCUT2D eigenvalue weighted by Crippen LogP contribution is -2.38. The molecule has 0 saturated carbocycles. The Morgan fingerprint density at radius 2 is 2.00 bits per heavy atom. The van der Waals surface area contributed by atoms with Gasteiger partial charge < -0.3 is 4.43 Å². The molecule has 1 nitrogen and oxygen atoms in total. The second-order valence-corrected chi connectivity index (χ2v) is 8.65. The van der Waals surface area contributed by atoms with Crippen LogP contribution in [0.3, 0.4) is 0 Å². The van der Waals surface area contributed by atoms with Crippen LogP contribution in [0, 0.1) is 12.3 Å². The van der Waals surface area contributed by atoms with Crippen molar-refractivity contribution in [3.8, 4) is 12.3 Å². The van der Waals surface area contributed by atoms with Crippen LogP contribution in [0.1, 0.15) is 40.0 Å². The lowest BCUT2D eigenvalue weighted by molar-refractivity contribution is 0.166. The molecule has 0 N–H and O–H groups in total. The van der Waals surface area contributed by atoms with E-state index in [0.29, 0.717) is 0 Å². The molecule has 0 aliphatic carbocycles. The van der Waals surface area contributed by atoms with Gasteiger partial charge in [-0.1, -0.05) is 37.5 Å². The maximum atomic E-state index is 5.97. The zero-order valence-corrected chi connectivity index (χ0v) is 11.8. The maximum absolute atomic E-state index is 5.97. The van der Waals surface area contributed by atoms with Crippen LogP contribution >= 0.6 is 0 Å². The second kappa shape index (κ2) is 6.15. The van der Waals surface area contributed by atoms with E-state index in [1.165, 1.54) is 12.8 Å². The Morgan fingerprint density at radius 1 is 1.40 bits per heavy atom. The molecule has 0 bridgehead atoms. The molecule has 0 amide bonds. The highest BCUT2D eigenvalue weighted by atomic mass is 28.4. The van der Waals surface area contributed by atoms with Crippen molar-refractivity contribution in [2.75, 3.05) is 0 Å². The summed E-state index contributed by atoms with van der Waals surface area (Å²) in [6.45, 7) is 10.4. The molecule has 0 aromatic heterocycles. The second-order valence-electron chi connectivity index (χ2n) is 4.90. The molecule has 0 aliphatic heterocycles. The molecule has 0 spiro atoms. The maximum Gasteiger partial charge on any atom is 0.212 e. The van der Waals surface area contributed by atoms with Crippen molar-refractivity contribution >= 4 is 8.32 Å². The first-order valence-electron chi connectivity index (χ1n) is 5.68. The zero-order valence-electron chi connectivity index (χ0n) is 10.8. The van der Waals surface area contributed by atoms with Crippen molar-refractivity contribution in [1.29, 1.82) is 0 Å². The minimum absolute atomic E-state index is 0.440. The molecule has 0 radical (unpaired) electrons. The SMILES string of the molecule is C#CC(C)(C)O[Si](C)(C)C=CCCCC. The Hall–Kier alpha value is -0.523. The monoisotopic (exact) mass is 224 g/mol. The number of hydrogen-bond acceptors (Lipinski definition) is 1. The summed E-state index contributed by atoms with van der Waals surface area (Å²) in [7, 11) is -1.73. The summed E-state index contributed by atoms with van der Waals surface area (Å²) < 4.78 is 5.97. The van der Waals surface area contributed by atoms with Gasteiger partial charge >= 0.3 is 0 Å². The quantitative estimate of drug-likeness (QED) is 0.378. The van der Waals surface area contributed by atoms with Crippen LogP contribution in [0.5, 0.6) is 0 Å². The van der Waals surface area contributed by atoms with Gasteiger partial charge in [-0.3, -0.25) is 0 Å². The normalized spacial score (nSPS) is 13.1. The van der Waals surface area contributed by atoms with Crippen LogP contribution < -0.4 is 0 Å². The molecular formula is C13H24OSi. The van der Waals surface area contributed by atoms with Crippen LogP contribution in [0.15, 0.2) is 11.8 Å². The van der Waals surface area contributed by atoms with E-state index in [9.17, 15) is 0 Å². The average molecular weight is 224 g/mol. The first-order valence-corrected chi connectivity index (χ1v) is 8.67. The molecule has 15 heavy (non-hydrogen) atoms. The van der Waals surface area contributed by atoms with E-state index in [0.717, 1.165) is 6.42 Å². The van der Waals surface area contributed by atoms with E-state index < -0.39 is 13.9 Å². The number of terminal acetylenes is 1. The van der Waals surface area contributed by atoms with E-state index in [-0.39, 0.29) is 0 Å². The molecule has 0 rings (SSSR count). The minimum atomic E-state index is -1.73. The van der Waals surface area contributed by atoms with Gasteiger partial charge in [-0.05, 0) is 33.4 Å². The van der Waals surface area contributed by atoms with Crippen molar-refractivity contribution in [2.24, 2.45) is 0 Å². The summed E-state index contributed by atoms with van der Waals surface area (Å²) in [5.74, 6) is 2.68. The van der Waals surface area contributed by atoms with E-state index in [2.05, 4.69) is 37.7 Å². The van der Waals surface area contributed by atoms with Gasteiger partial charge in [0.05, 0.1) is 0 Å². The van der Waals surface area contributed by atoms with Gasteiger partial charge in [0.25, 0.3) is 0 Å².